The van der Waals surface area contributed by atoms with Crippen molar-refractivity contribution in [2.75, 3.05) is 26.9 Å². The lowest BCUT2D eigenvalue weighted by Crippen LogP contribution is -2.50. The van der Waals surface area contributed by atoms with Crippen molar-refractivity contribution in [2.45, 2.75) is 19.9 Å². The Kier molecular flexibility index (Phi) is 7.58. The van der Waals surface area contributed by atoms with Crippen LogP contribution in [0.3, 0.4) is 0 Å². The van der Waals surface area contributed by atoms with Crippen molar-refractivity contribution >= 4 is 23.9 Å². The van der Waals surface area contributed by atoms with Crippen molar-refractivity contribution < 1.29 is 33.4 Å². The summed E-state index contributed by atoms with van der Waals surface area (Å²) in [5, 5.41) is 7.41. The van der Waals surface area contributed by atoms with E-state index in [2.05, 4.69) is 16.0 Å². The normalized spacial score (nSPS) is 15.7. The molecule has 1 aliphatic heterocycles. The molecule has 0 spiro atoms. The second-order valence-corrected chi connectivity index (χ2v) is 5.98. The molecule has 29 heavy (non-hydrogen) atoms. The summed E-state index contributed by atoms with van der Waals surface area (Å²) in [4.78, 5) is 48.0. The SMILES string of the molecule is CCOC(=O)C1=C(COC(=O)CNC(=O)c2ccccc2OC)NC(=O)NC1C. The molecule has 10 nitrogen and oxygen atoms in total. The number of hydrogen-bond acceptors (Lipinski definition) is 7. The molecule has 1 aromatic rings. The molecule has 1 heterocycles. The van der Waals surface area contributed by atoms with E-state index in [-0.39, 0.29) is 30.0 Å². The van der Waals surface area contributed by atoms with Crippen LogP contribution in [0.2, 0.25) is 0 Å². The first-order valence-electron chi connectivity index (χ1n) is 8.91. The molecule has 0 saturated heterocycles. The average molecular weight is 405 g/mol. The van der Waals surface area contributed by atoms with E-state index in [1.165, 1.54) is 7.11 Å². The van der Waals surface area contributed by atoms with Gasteiger partial charge in [-0.1, -0.05) is 12.1 Å². The molecule has 1 unspecified atom stereocenters. The largest absolute Gasteiger partial charge is 0.496 e. The van der Waals surface area contributed by atoms with Gasteiger partial charge in [0.15, 0.2) is 0 Å². The highest BCUT2D eigenvalue weighted by Crippen LogP contribution is 2.17. The molecule has 1 aliphatic rings. The zero-order chi connectivity index (χ0) is 21.4. The van der Waals surface area contributed by atoms with Gasteiger partial charge in [-0.25, -0.2) is 9.59 Å². The Morgan fingerprint density at radius 3 is 2.59 bits per heavy atom. The first-order valence-corrected chi connectivity index (χ1v) is 8.91. The van der Waals surface area contributed by atoms with Crippen LogP contribution in [0.1, 0.15) is 24.2 Å². The number of para-hydroxylation sites is 1. The van der Waals surface area contributed by atoms with E-state index < -0.39 is 36.5 Å². The summed E-state index contributed by atoms with van der Waals surface area (Å²) in [7, 11) is 1.43. The Morgan fingerprint density at radius 2 is 1.90 bits per heavy atom. The highest BCUT2D eigenvalue weighted by Gasteiger charge is 2.30. The van der Waals surface area contributed by atoms with E-state index in [0.717, 1.165) is 0 Å². The van der Waals surface area contributed by atoms with Crippen molar-refractivity contribution in [3.63, 3.8) is 0 Å². The molecule has 2 rings (SSSR count). The maximum absolute atomic E-state index is 12.2. The molecule has 3 N–H and O–H groups in total. The van der Waals surface area contributed by atoms with Gasteiger partial charge in [0.2, 0.25) is 0 Å². The molecular formula is C19H23N3O7. The average Bonchev–Trinajstić information content (AvgIpc) is 2.70. The van der Waals surface area contributed by atoms with Crippen molar-refractivity contribution in [3.05, 3.63) is 41.1 Å². The van der Waals surface area contributed by atoms with E-state index >= 15 is 0 Å². The van der Waals surface area contributed by atoms with Crippen LogP contribution in [0.15, 0.2) is 35.5 Å². The molecule has 0 fully saturated rings. The maximum atomic E-state index is 12.2. The van der Waals surface area contributed by atoms with Gasteiger partial charge in [0, 0.05) is 0 Å². The van der Waals surface area contributed by atoms with Crippen molar-refractivity contribution in [3.8, 4) is 5.75 Å². The van der Waals surface area contributed by atoms with Crippen LogP contribution in [-0.4, -0.2) is 56.8 Å². The van der Waals surface area contributed by atoms with Gasteiger partial charge >= 0.3 is 18.0 Å². The topological polar surface area (TPSA) is 132 Å². The molecule has 0 aromatic heterocycles. The Morgan fingerprint density at radius 1 is 1.17 bits per heavy atom. The summed E-state index contributed by atoms with van der Waals surface area (Å²) in [6.07, 6.45) is 0. The minimum atomic E-state index is -0.746. The lowest BCUT2D eigenvalue weighted by atomic mass is 10.0. The van der Waals surface area contributed by atoms with E-state index in [0.29, 0.717) is 5.75 Å². The molecule has 156 valence electrons. The number of benzene rings is 1. The minimum absolute atomic E-state index is 0.129. The smallest absolute Gasteiger partial charge is 0.338 e. The van der Waals surface area contributed by atoms with E-state index in [4.69, 9.17) is 14.2 Å². The number of carbonyl (C=O) groups excluding carboxylic acids is 4. The van der Waals surface area contributed by atoms with Gasteiger partial charge in [0.25, 0.3) is 5.91 Å². The zero-order valence-corrected chi connectivity index (χ0v) is 16.4. The van der Waals surface area contributed by atoms with E-state index in [9.17, 15) is 19.2 Å². The molecule has 0 aliphatic carbocycles. The Labute approximate surface area is 167 Å². The monoisotopic (exact) mass is 405 g/mol. The second kappa shape index (κ2) is 10.1. The summed E-state index contributed by atoms with van der Waals surface area (Å²) in [5.41, 5.74) is 0.566. The lowest BCUT2D eigenvalue weighted by Gasteiger charge is -2.26. The van der Waals surface area contributed by atoms with E-state index in [1.807, 2.05) is 0 Å². The van der Waals surface area contributed by atoms with Crippen LogP contribution in [0.5, 0.6) is 5.75 Å². The van der Waals surface area contributed by atoms with Crippen molar-refractivity contribution in [1.82, 2.24) is 16.0 Å². The molecule has 3 amide bonds. The number of rotatable bonds is 8. The number of carbonyl (C=O) groups is 4. The predicted octanol–water partition coefficient (Wildman–Crippen LogP) is 0.487. The van der Waals surface area contributed by atoms with Gasteiger partial charge in [-0.2, -0.15) is 0 Å². The quantitative estimate of drug-likeness (QED) is 0.536. The van der Waals surface area contributed by atoms with Gasteiger partial charge in [0.1, 0.15) is 18.9 Å². The molecular weight excluding hydrogens is 382 g/mol. The van der Waals surface area contributed by atoms with Crippen LogP contribution in [0, 0.1) is 0 Å². The first kappa shape index (κ1) is 21.7. The molecule has 0 saturated carbocycles. The Balaban J connectivity index is 1.97. The summed E-state index contributed by atoms with van der Waals surface area (Å²) in [5.74, 6) is -1.50. The molecule has 0 radical (unpaired) electrons. The molecule has 0 bridgehead atoms. The fraction of sp³-hybridized carbons (Fsp3) is 0.368. The second-order valence-electron chi connectivity index (χ2n) is 5.98. The number of amides is 3. The van der Waals surface area contributed by atoms with Gasteiger partial charge < -0.3 is 30.2 Å². The van der Waals surface area contributed by atoms with Crippen molar-refractivity contribution in [1.29, 1.82) is 0 Å². The van der Waals surface area contributed by atoms with Crippen molar-refractivity contribution in [2.24, 2.45) is 0 Å². The highest BCUT2D eigenvalue weighted by atomic mass is 16.5. The summed E-state index contributed by atoms with van der Waals surface area (Å²) in [6.45, 7) is 2.67. The standard InChI is InChI=1S/C19H23N3O7/c1-4-28-18(25)16-11(2)21-19(26)22-13(16)10-29-15(23)9-20-17(24)12-7-5-6-8-14(12)27-3/h5-8,11H,4,9-10H2,1-3H3,(H,20,24)(H2,21,22,26). The van der Waals surface area contributed by atoms with Crippen LogP contribution < -0.4 is 20.7 Å². The van der Waals surface area contributed by atoms with Crippen LogP contribution in [-0.2, 0) is 19.1 Å². The van der Waals surface area contributed by atoms with Gasteiger partial charge in [0.05, 0.1) is 36.6 Å². The highest BCUT2D eigenvalue weighted by molar-refractivity contribution is 5.98. The van der Waals surface area contributed by atoms with Gasteiger partial charge in [-0.15, -0.1) is 0 Å². The number of nitrogens with one attached hydrogen (secondary N) is 3. The fourth-order valence-electron chi connectivity index (χ4n) is 2.68. The Bertz CT molecular complexity index is 835. The Hall–Kier alpha value is -3.56. The zero-order valence-electron chi connectivity index (χ0n) is 16.4. The number of hydrogen-bond donors (Lipinski definition) is 3. The van der Waals surface area contributed by atoms with E-state index in [1.54, 1.807) is 38.1 Å². The molecule has 1 atom stereocenters. The third kappa shape index (κ3) is 5.71. The van der Waals surface area contributed by atoms with Crippen LogP contribution in [0.4, 0.5) is 4.79 Å². The predicted molar refractivity (Wildman–Crippen MR) is 101 cm³/mol. The fourth-order valence-corrected chi connectivity index (χ4v) is 2.68. The number of urea groups is 1. The van der Waals surface area contributed by atoms with Gasteiger partial charge in [-0.3, -0.25) is 9.59 Å². The molecule has 10 heteroatoms. The summed E-state index contributed by atoms with van der Waals surface area (Å²) >= 11 is 0. The third-order valence-corrected chi connectivity index (χ3v) is 3.99. The number of ether oxygens (including phenoxy) is 3. The van der Waals surface area contributed by atoms with Crippen LogP contribution in [0.25, 0.3) is 0 Å². The number of methoxy groups -OCH3 is 1. The lowest BCUT2D eigenvalue weighted by molar-refractivity contribution is -0.142. The summed E-state index contributed by atoms with van der Waals surface area (Å²) < 4.78 is 15.2. The molecule has 1 aromatic carbocycles. The minimum Gasteiger partial charge on any atom is -0.496 e. The first-order chi connectivity index (χ1) is 13.9. The van der Waals surface area contributed by atoms with Crippen LogP contribution >= 0.6 is 0 Å². The third-order valence-electron chi connectivity index (χ3n) is 3.99. The summed E-state index contributed by atoms with van der Waals surface area (Å²) in [6, 6.07) is 5.43. The maximum Gasteiger partial charge on any atom is 0.338 e. The number of esters is 2. The van der Waals surface area contributed by atoms with Gasteiger partial charge in [-0.05, 0) is 26.0 Å².